The zero-order valence-corrected chi connectivity index (χ0v) is 34.4. The number of hydrogen-bond donors (Lipinski definition) is 1. The third kappa shape index (κ3) is 5.57. The molecule has 10 heteroatoms. The summed E-state index contributed by atoms with van der Waals surface area (Å²) in [6, 6.07) is 24.3. The quantitative estimate of drug-likeness (QED) is 0.122. The average molecular weight is 788 g/mol. The summed E-state index contributed by atoms with van der Waals surface area (Å²) in [7, 11) is 1.91. The van der Waals surface area contributed by atoms with Gasteiger partial charge >= 0.3 is 5.97 Å². The number of aryl methyl sites for hydroxylation is 1. The number of rotatable bonds is 4. The number of esters is 1. The SMILES string of the molecule is CC(=O)OC1CC2(C)C(c3ccoc3)CC3OC32C2(C)C(=O)C(O)=C3C(C)(C)C(=O)C=CC3(C)C12.Cc1cccc(N(C)C(=S)Oc2ccc3ccccc3c2)c1. The molecule has 57 heavy (non-hydrogen) atoms. The standard InChI is InChI=1S/C28H32O7.C19H17NOS/c1-14(29)34-17-12-26(5)16(15-8-10-33-13-15)11-19-28(26,35-19)27(6)21(17)25(4)9-7-18(30)24(2,3)22(25)20(31)23(27)32;1-14-6-5-9-17(12-14)20(2)19(22)21-18-11-10-15-7-3-4-8-16(15)13-18/h7-10,13,16-17,19,21,31H,11-12H2,1-6H3;3-13H,1-2H3. The Morgan fingerprint density at radius 3 is 2.39 bits per heavy atom. The first-order valence-corrected chi connectivity index (χ1v) is 19.9. The number of carbonyl (C=O) groups is 3. The minimum absolute atomic E-state index is 0.0453. The van der Waals surface area contributed by atoms with Gasteiger partial charge in [0.15, 0.2) is 11.5 Å². The zero-order chi connectivity index (χ0) is 40.9. The van der Waals surface area contributed by atoms with Crippen LogP contribution in [0.15, 0.2) is 113 Å². The number of thiocarbonyl (C=S) groups is 1. The molecule has 1 aromatic heterocycles. The normalized spacial score (nSPS) is 32.9. The summed E-state index contributed by atoms with van der Waals surface area (Å²) in [5.74, 6) is -1.08. The van der Waals surface area contributed by atoms with E-state index in [0.29, 0.717) is 23.6 Å². The van der Waals surface area contributed by atoms with Crippen LogP contribution in [0.3, 0.4) is 0 Å². The maximum atomic E-state index is 14.3. The van der Waals surface area contributed by atoms with E-state index in [9.17, 15) is 19.5 Å². The summed E-state index contributed by atoms with van der Waals surface area (Å²) in [4.78, 5) is 41.5. The monoisotopic (exact) mass is 787 g/mol. The number of fused-ring (bicyclic) bond motifs is 4. The van der Waals surface area contributed by atoms with Crippen molar-refractivity contribution >= 4 is 51.4 Å². The van der Waals surface area contributed by atoms with Crippen LogP contribution >= 0.6 is 12.2 Å². The van der Waals surface area contributed by atoms with E-state index < -0.39 is 51.0 Å². The topological polar surface area (TPSA) is 119 Å². The number of nitrogens with zero attached hydrogens (tertiary/aromatic N) is 1. The molecule has 0 radical (unpaired) electrons. The second-order valence-electron chi connectivity index (χ2n) is 17.6. The van der Waals surface area contributed by atoms with Gasteiger partial charge in [0.05, 0.1) is 29.5 Å². The molecule has 2 saturated carbocycles. The minimum Gasteiger partial charge on any atom is -0.504 e. The number of hydrogen-bond acceptors (Lipinski definition) is 9. The van der Waals surface area contributed by atoms with Gasteiger partial charge in [-0.2, -0.15) is 0 Å². The Balaban J connectivity index is 0.000000178. The molecule has 296 valence electrons. The summed E-state index contributed by atoms with van der Waals surface area (Å²) in [6.45, 7) is 12.9. The molecule has 2 heterocycles. The van der Waals surface area contributed by atoms with E-state index in [2.05, 4.69) is 38.1 Å². The van der Waals surface area contributed by atoms with Crippen LogP contribution in [-0.2, 0) is 23.9 Å². The highest BCUT2D eigenvalue weighted by Crippen LogP contribution is 2.81. The number of aliphatic hydroxyl groups is 1. The van der Waals surface area contributed by atoms with Gasteiger partial charge in [-0.3, -0.25) is 14.4 Å². The number of Topliss-reactive ketones (excluding diaryl/α,β-unsaturated/α-hetero) is 1. The molecular formula is C47H49NO8S. The van der Waals surface area contributed by atoms with Crippen LogP contribution < -0.4 is 9.64 Å². The third-order valence-corrected chi connectivity index (χ3v) is 14.3. The molecule has 5 aliphatic rings. The van der Waals surface area contributed by atoms with Crippen LogP contribution in [-0.4, -0.2) is 52.7 Å². The molecule has 0 amide bonds. The number of aliphatic hydroxyl groups excluding tert-OH is 1. The molecular weight excluding hydrogens is 739 g/mol. The van der Waals surface area contributed by atoms with Crippen molar-refractivity contribution in [1.29, 1.82) is 0 Å². The highest BCUT2D eigenvalue weighted by molar-refractivity contribution is 7.80. The number of ether oxygens (including phenoxy) is 3. The number of epoxide rings is 1. The predicted molar refractivity (Wildman–Crippen MR) is 221 cm³/mol. The molecule has 3 aromatic carbocycles. The van der Waals surface area contributed by atoms with Crippen molar-refractivity contribution in [2.45, 2.75) is 85.0 Å². The lowest BCUT2D eigenvalue weighted by Crippen LogP contribution is -2.70. The number of allylic oxidation sites excluding steroid dienone is 4. The van der Waals surface area contributed by atoms with Gasteiger partial charge in [0, 0.05) is 36.4 Å². The van der Waals surface area contributed by atoms with Crippen molar-refractivity contribution in [1.82, 2.24) is 0 Å². The van der Waals surface area contributed by atoms with Crippen LogP contribution in [0, 0.1) is 34.5 Å². The van der Waals surface area contributed by atoms with Crippen molar-refractivity contribution in [3.05, 3.63) is 120 Å². The van der Waals surface area contributed by atoms with Crippen molar-refractivity contribution in [3.8, 4) is 5.75 Å². The molecule has 9 nitrogen and oxygen atoms in total. The fourth-order valence-corrected chi connectivity index (χ4v) is 11.8. The lowest BCUT2D eigenvalue weighted by molar-refractivity contribution is -0.200. The fraction of sp³-hybridized carbons (Fsp3) is 0.404. The Hall–Kier alpha value is -5.06. The molecule has 1 saturated heterocycles. The van der Waals surface area contributed by atoms with Crippen LogP contribution in [0.4, 0.5) is 5.69 Å². The lowest BCUT2D eigenvalue weighted by Gasteiger charge is -2.64. The Morgan fingerprint density at radius 1 is 0.965 bits per heavy atom. The van der Waals surface area contributed by atoms with Crippen LogP contribution in [0.5, 0.6) is 5.75 Å². The average Bonchev–Trinajstić information content (AvgIpc) is 3.53. The van der Waals surface area contributed by atoms with E-state index in [0.717, 1.165) is 22.4 Å². The molecule has 3 fully saturated rings. The Kier molecular flexibility index (Phi) is 9.01. The summed E-state index contributed by atoms with van der Waals surface area (Å²) in [5, 5.41) is 14.3. The summed E-state index contributed by atoms with van der Waals surface area (Å²) in [5.41, 5.74) is -0.847. The highest BCUT2D eigenvalue weighted by atomic mass is 32.1. The van der Waals surface area contributed by atoms with E-state index in [1.165, 1.54) is 17.9 Å². The number of anilines is 1. The van der Waals surface area contributed by atoms with Crippen molar-refractivity contribution in [3.63, 3.8) is 0 Å². The lowest BCUT2D eigenvalue weighted by atomic mass is 9.38. The Labute approximate surface area is 338 Å². The molecule has 1 aliphatic heterocycles. The van der Waals surface area contributed by atoms with E-state index in [-0.39, 0.29) is 23.6 Å². The Bertz CT molecular complexity index is 2400. The van der Waals surface area contributed by atoms with E-state index in [1.54, 1.807) is 38.5 Å². The maximum Gasteiger partial charge on any atom is 0.302 e. The predicted octanol–water partition coefficient (Wildman–Crippen LogP) is 9.38. The largest absolute Gasteiger partial charge is 0.504 e. The third-order valence-electron chi connectivity index (χ3n) is 14.0. The van der Waals surface area contributed by atoms with E-state index >= 15 is 0 Å². The molecule has 4 aromatic rings. The first-order chi connectivity index (χ1) is 26.9. The molecule has 0 bridgehead atoms. The van der Waals surface area contributed by atoms with Gasteiger partial charge in [-0.25, -0.2) is 0 Å². The molecule has 4 aliphatic carbocycles. The molecule has 1 N–H and O–H groups in total. The first kappa shape index (κ1) is 38.8. The van der Waals surface area contributed by atoms with Gasteiger partial charge in [-0.05, 0) is 123 Å². The second-order valence-corrected chi connectivity index (χ2v) is 17.9. The summed E-state index contributed by atoms with van der Waals surface area (Å²) < 4.78 is 23.8. The first-order valence-electron chi connectivity index (χ1n) is 19.5. The van der Waals surface area contributed by atoms with Gasteiger partial charge in [-0.1, -0.05) is 62.4 Å². The van der Waals surface area contributed by atoms with E-state index in [4.69, 9.17) is 30.8 Å². The van der Waals surface area contributed by atoms with Crippen LogP contribution in [0.1, 0.15) is 71.4 Å². The van der Waals surface area contributed by atoms with Crippen LogP contribution in [0.25, 0.3) is 10.8 Å². The second kappa shape index (κ2) is 13.2. The molecule has 9 rings (SSSR count). The zero-order valence-electron chi connectivity index (χ0n) is 33.6. The van der Waals surface area contributed by atoms with Gasteiger partial charge in [0.25, 0.3) is 5.17 Å². The van der Waals surface area contributed by atoms with Crippen LogP contribution in [0.2, 0.25) is 0 Å². The van der Waals surface area contributed by atoms with Gasteiger partial charge in [0.2, 0.25) is 5.78 Å². The van der Waals surface area contributed by atoms with Gasteiger partial charge < -0.3 is 28.6 Å². The summed E-state index contributed by atoms with van der Waals surface area (Å²) >= 11 is 5.41. The molecule has 1 spiro atoms. The number of benzene rings is 3. The Morgan fingerprint density at radius 2 is 1.70 bits per heavy atom. The smallest absolute Gasteiger partial charge is 0.302 e. The number of carbonyl (C=O) groups excluding carboxylic acids is 3. The van der Waals surface area contributed by atoms with Crippen molar-refractivity contribution in [2.75, 3.05) is 11.9 Å². The summed E-state index contributed by atoms with van der Waals surface area (Å²) in [6.07, 6.45) is 7.17. The fourth-order valence-electron chi connectivity index (χ4n) is 11.6. The van der Waals surface area contributed by atoms with Crippen molar-refractivity contribution < 1.29 is 38.1 Å². The number of furan rings is 1. The number of ketones is 2. The highest BCUT2D eigenvalue weighted by Gasteiger charge is 2.89. The van der Waals surface area contributed by atoms with Crippen molar-refractivity contribution in [2.24, 2.45) is 27.6 Å². The van der Waals surface area contributed by atoms with Gasteiger partial charge in [-0.15, -0.1) is 0 Å². The van der Waals surface area contributed by atoms with E-state index in [1.807, 2.05) is 74.3 Å². The maximum absolute atomic E-state index is 14.3. The molecule has 8 unspecified atom stereocenters. The van der Waals surface area contributed by atoms with Gasteiger partial charge in [0.1, 0.15) is 17.5 Å². The minimum atomic E-state index is -1.17. The molecule has 8 atom stereocenters.